The molecule has 0 fully saturated rings. The Balaban J connectivity index is -0.000000140. The standard InChI is InChI=1S/C5H5.3C2H7N.Zr/c1-2-4-5-3-1;3*1-3-2;/h1-3H,4H2;3*3H,1-2H3;. The Morgan fingerprint density at radius 2 is 1.27 bits per heavy atom. The first-order valence-electron chi connectivity index (χ1n) is 4.97. The molecule has 1 aliphatic carbocycles. The minimum absolute atomic E-state index is 1.21. The average molecular weight is 292 g/mol. The number of rotatable bonds is 0. The van der Waals surface area contributed by atoms with E-state index >= 15 is 0 Å². The molecule has 0 amide bonds. The molecule has 4 heteroatoms. The SMILES string of the molecule is CNC.CNC.CNC.[Zr][C]1=CC=CC1. The Morgan fingerprint density at radius 3 is 1.33 bits per heavy atom. The number of hydrogen-bond donors (Lipinski definition) is 3. The van der Waals surface area contributed by atoms with Gasteiger partial charge in [0.15, 0.2) is 0 Å². The Kier molecular flexibility index (Phi) is 32.7. The molecule has 0 aromatic rings. The average Bonchev–Trinajstić information content (AvgIpc) is 2.60. The molecule has 15 heavy (non-hydrogen) atoms. The van der Waals surface area contributed by atoms with E-state index in [0.29, 0.717) is 0 Å². The van der Waals surface area contributed by atoms with Gasteiger partial charge in [0.1, 0.15) is 0 Å². The van der Waals surface area contributed by atoms with Gasteiger partial charge in [0.25, 0.3) is 0 Å². The quantitative estimate of drug-likeness (QED) is 0.620. The summed E-state index contributed by atoms with van der Waals surface area (Å²) in [4.78, 5) is 0. The van der Waals surface area contributed by atoms with Crippen molar-refractivity contribution in [3.8, 4) is 0 Å². The predicted octanol–water partition coefficient (Wildman–Crippen LogP) is 0.884. The molecular formula is C11H26N3Zr. The fourth-order valence-corrected chi connectivity index (χ4v) is 0.973. The van der Waals surface area contributed by atoms with Crippen LogP contribution in [0.4, 0.5) is 0 Å². The van der Waals surface area contributed by atoms with Crippen molar-refractivity contribution in [3.05, 3.63) is 21.5 Å². The van der Waals surface area contributed by atoms with E-state index in [9.17, 15) is 0 Å². The van der Waals surface area contributed by atoms with Gasteiger partial charge in [-0.25, -0.2) is 0 Å². The van der Waals surface area contributed by atoms with E-state index in [-0.39, 0.29) is 0 Å². The van der Waals surface area contributed by atoms with Gasteiger partial charge < -0.3 is 16.0 Å². The Bertz CT molecular complexity index is 140. The van der Waals surface area contributed by atoms with Crippen LogP contribution < -0.4 is 16.0 Å². The van der Waals surface area contributed by atoms with E-state index in [1.165, 1.54) is 6.42 Å². The summed E-state index contributed by atoms with van der Waals surface area (Å²) in [6.07, 6.45) is 7.69. The van der Waals surface area contributed by atoms with Crippen LogP contribution in [0, 0.1) is 0 Å². The molecule has 0 saturated carbocycles. The van der Waals surface area contributed by atoms with Gasteiger partial charge in [-0.05, 0) is 42.3 Å². The van der Waals surface area contributed by atoms with Crippen LogP contribution in [0.2, 0.25) is 0 Å². The van der Waals surface area contributed by atoms with Crippen LogP contribution in [-0.4, -0.2) is 42.3 Å². The van der Waals surface area contributed by atoms with Crippen LogP contribution >= 0.6 is 0 Å². The molecule has 0 aromatic carbocycles. The molecule has 0 unspecified atom stereocenters. The molecule has 3 nitrogen and oxygen atoms in total. The summed E-state index contributed by atoms with van der Waals surface area (Å²) in [5, 5.41) is 8.25. The van der Waals surface area contributed by atoms with Crippen molar-refractivity contribution in [2.75, 3.05) is 42.3 Å². The summed E-state index contributed by atoms with van der Waals surface area (Å²) in [5.74, 6) is 0. The van der Waals surface area contributed by atoms with Gasteiger partial charge in [0.2, 0.25) is 0 Å². The van der Waals surface area contributed by atoms with Gasteiger partial charge in [0, 0.05) is 0 Å². The number of allylic oxidation sites excluding steroid dienone is 4. The molecule has 89 valence electrons. The molecule has 0 atom stereocenters. The Hall–Kier alpha value is 0.243. The van der Waals surface area contributed by atoms with Crippen molar-refractivity contribution in [2.24, 2.45) is 0 Å². The second-order valence-electron chi connectivity index (χ2n) is 2.82. The zero-order chi connectivity index (χ0) is 12.5. The van der Waals surface area contributed by atoms with Crippen molar-refractivity contribution in [1.82, 2.24) is 16.0 Å². The van der Waals surface area contributed by atoms with Crippen LogP contribution in [0.25, 0.3) is 0 Å². The predicted molar refractivity (Wildman–Crippen MR) is 66.8 cm³/mol. The second kappa shape index (κ2) is 23.8. The normalized spacial score (nSPS) is 10.9. The maximum absolute atomic E-state index is 2.75. The molecule has 0 bridgehead atoms. The van der Waals surface area contributed by atoms with Gasteiger partial charge in [-0.3, -0.25) is 0 Å². The van der Waals surface area contributed by atoms with Gasteiger partial charge in [-0.2, -0.15) is 0 Å². The van der Waals surface area contributed by atoms with Gasteiger partial charge in [0.05, 0.1) is 0 Å². The molecular weight excluding hydrogens is 265 g/mol. The first-order chi connectivity index (χ1) is 7.14. The summed E-state index contributed by atoms with van der Waals surface area (Å²) < 4.78 is 1.56. The fourth-order valence-electron chi connectivity index (χ4n) is 0.447. The monoisotopic (exact) mass is 290 g/mol. The van der Waals surface area contributed by atoms with E-state index in [4.69, 9.17) is 0 Å². The summed E-state index contributed by atoms with van der Waals surface area (Å²) in [6, 6.07) is 0. The molecule has 1 aliphatic rings. The molecule has 1 rings (SSSR count). The van der Waals surface area contributed by atoms with Gasteiger partial charge in [-0.15, -0.1) is 0 Å². The van der Waals surface area contributed by atoms with Crippen molar-refractivity contribution >= 4 is 0 Å². The molecule has 0 radical (unpaired) electrons. The number of hydrogen-bond acceptors (Lipinski definition) is 3. The minimum atomic E-state index is 1.21. The molecule has 0 spiro atoms. The summed E-state index contributed by atoms with van der Waals surface area (Å²) >= 11 is 1.56. The molecule has 0 saturated heterocycles. The van der Waals surface area contributed by atoms with Crippen LogP contribution in [0.5, 0.6) is 0 Å². The molecule has 0 heterocycles. The summed E-state index contributed by atoms with van der Waals surface area (Å²) in [7, 11) is 11.2. The van der Waals surface area contributed by atoms with Crippen molar-refractivity contribution in [1.29, 1.82) is 0 Å². The van der Waals surface area contributed by atoms with Gasteiger partial charge in [-0.1, -0.05) is 0 Å². The van der Waals surface area contributed by atoms with E-state index < -0.39 is 0 Å². The van der Waals surface area contributed by atoms with E-state index in [1.54, 1.807) is 28.0 Å². The topological polar surface area (TPSA) is 36.1 Å². The molecule has 3 N–H and O–H groups in total. The molecule has 0 aromatic heterocycles. The van der Waals surface area contributed by atoms with Crippen molar-refractivity contribution in [2.45, 2.75) is 6.42 Å². The van der Waals surface area contributed by atoms with Crippen molar-refractivity contribution < 1.29 is 24.7 Å². The van der Waals surface area contributed by atoms with Gasteiger partial charge >= 0.3 is 52.6 Å². The molecule has 0 aliphatic heterocycles. The van der Waals surface area contributed by atoms with E-state index in [2.05, 4.69) is 34.2 Å². The third-order valence-corrected chi connectivity index (χ3v) is 1.68. The zero-order valence-electron chi connectivity index (χ0n) is 10.9. The third-order valence-electron chi connectivity index (χ3n) is 0.771. The van der Waals surface area contributed by atoms with Crippen LogP contribution in [-0.2, 0) is 24.7 Å². The summed E-state index contributed by atoms with van der Waals surface area (Å²) in [5.41, 5.74) is 0. The zero-order valence-corrected chi connectivity index (χ0v) is 13.4. The van der Waals surface area contributed by atoms with Crippen LogP contribution in [0.3, 0.4) is 0 Å². The number of nitrogens with one attached hydrogen (secondary N) is 3. The van der Waals surface area contributed by atoms with E-state index in [1.807, 2.05) is 42.3 Å². The third kappa shape index (κ3) is 40.7. The van der Waals surface area contributed by atoms with E-state index in [0.717, 1.165) is 0 Å². The first-order valence-corrected chi connectivity index (χ1v) is 6.20. The first kappa shape index (κ1) is 20.6. The Labute approximate surface area is 111 Å². The maximum atomic E-state index is 2.75. The van der Waals surface area contributed by atoms with Crippen LogP contribution in [0.15, 0.2) is 21.5 Å². The summed E-state index contributed by atoms with van der Waals surface area (Å²) in [6.45, 7) is 0. The fraction of sp³-hybridized carbons (Fsp3) is 0.636. The Morgan fingerprint density at radius 1 is 0.933 bits per heavy atom. The van der Waals surface area contributed by atoms with Crippen LogP contribution in [0.1, 0.15) is 6.42 Å². The van der Waals surface area contributed by atoms with Crippen molar-refractivity contribution in [3.63, 3.8) is 0 Å². The second-order valence-corrected chi connectivity index (χ2v) is 4.40.